The van der Waals surface area contributed by atoms with Crippen molar-refractivity contribution in [3.63, 3.8) is 0 Å². The predicted molar refractivity (Wildman–Crippen MR) is 103 cm³/mol. The zero-order valence-corrected chi connectivity index (χ0v) is 15.3. The van der Waals surface area contributed by atoms with Gasteiger partial charge in [0.1, 0.15) is 11.5 Å². The maximum absolute atomic E-state index is 14.2. The smallest absolute Gasteiger partial charge is 0.335 e. The zero-order chi connectivity index (χ0) is 21.3. The van der Waals surface area contributed by atoms with Crippen LogP contribution in [0.1, 0.15) is 21.5 Å². The van der Waals surface area contributed by atoms with Crippen LogP contribution in [0, 0.1) is 11.6 Å². The van der Waals surface area contributed by atoms with Gasteiger partial charge in [-0.2, -0.15) is 4.68 Å². The van der Waals surface area contributed by atoms with Crippen LogP contribution in [-0.4, -0.2) is 36.3 Å². The van der Waals surface area contributed by atoms with Crippen LogP contribution in [0.2, 0.25) is 0 Å². The summed E-state index contributed by atoms with van der Waals surface area (Å²) >= 11 is 0. The first kappa shape index (κ1) is 19.1. The lowest BCUT2D eigenvalue weighted by Crippen LogP contribution is -2.06. The van der Waals surface area contributed by atoms with Gasteiger partial charge in [-0.05, 0) is 58.3 Å². The van der Waals surface area contributed by atoms with E-state index >= 15 is 0 Å². The van der Waals surface area contributed by atoms with Gasteiger partial charge in [-0.15, -0.1) is 5.10 Å². The van der Waals surface area contributed by atoms with E-state index in [0.717, 1.165) is 21.9 Å². The highest BCUT2D eigenvalue weighted by atomic mass is 19.2. The lowest BCUT2D eigenvalue weighted by Gasteiger charge is -2.10. The van der Waals surface area contributed by atoms with Gasteiger partial charge in [0.25, 0.3) is 0 Å². The highest BCUT2D eigenvalue weighted by molar-refractivity contribution is 5.87. The van der Waals surface area contributed by atoms with E-state index in [9.17, 15) is 13.6 Å². The average molecular weight is 408 g/mol. The minimum Gasteiger partial charge on any atom is -0.478 e. The SMILES string of the molecule is Nc1ncc(Cc2ccc(C(=O)O)cc2)cc1-c1nnnn1-c1cccc(F)c1F. The van der Waals surface area contributed by atoms with E-state index in [-0.39, 0.29) is 22.9 Å². The number of aromatic carboxylic acids is 1. The highest BCUT2D eigenvalue weighted by Gasteiger charge is 2.19. The van der Waals surface area contributed by atoms with Gasteiger partial charge in [0, 0.05) is 6.20 Å². The van der Waals surface area contributed by atoms with Crippen molar-refractivity contribution >= 4 is 11.8 Å². The number of tetrazole rings is 1. The number of pyridine rings is 1. The molecule has 2 aromatic heterocycles. The van der Waals surface area contributed by atoms with E-state index in [0.29, 0.717) is 12.0 Å². The molecule has 0 amide bonds. The normalized spacial score (nSPS) is 10.9. The number of benzene rings is 2. The number of carboxylic acid groups (broad SMARTS) is 1. The molecule has 0 spiro atoms. The number of nitrogen functional groups attached to an aromatic ring is 1. The van der Waals surface area contributed by atoms with Crippen LogP contribution in [-0.2, 0) is 6.42 Å². The molecule has 150 valence electrons. The van der Waals surface area contributed by atoms with E-state index in [1.807, 2.05) is 0 Å². The quantitative estimate of drug-likeness (QED) is 0.521. The van der Waals surface area contributed by atoms with E-state index in [1.165, 1.54) is 24.3 Å². The van der Waals surface area contributed by atoms with Crippen molar-refractivity contribution in [1.29, 1.82) is 0 Å². The van der Waals surface area contributed by atoms with Gasteiger partial charge in [-0.3, -0.25) is 0 Å². The van der Waals surface area contributed by atoms with Crippen LogP contribution in [0.5, 0.6) is 0 Å². The summed E-state index contributed by atoms with van der Waals surface area (Å²) in [5.74, 6) is -2.90. The second-order valence-electron chi connectivity index (χ2n) is 6.44. The number of carboxylic acids is 1. The molecule has 8 nitrogen and oxygen atoms in total. The maximum Gasteiger partial charge on any atom is 0.335 e. The van der Waals surface area contributed by atoms with Crippen LogP contribution < -0.4 is 5.73 Å². The third-order valence-corrected chi connectivity index (χ3v) is 4.45. The van der Waals surface area contributed by atoms with Gasteiger partial charge in [-0.1, -0.05) is 18.2 Å². The summed E-state index contributed by atoms with van der Waals surface area (Å²) < 4.78 is 28.9. The summed E-state index contributed by atoms with van der Waals surface area (Å²) in [6, 6.07) is 11.8. The summed E-state index contributed by atoms with van der Waals surface area (Å²) in [5, 5.41) is 20.2. The summed E-state index contributed by atoms with van der Waals surface area (Å²) in [6.07, 6.45) is 2.01. The number of hydrogen-bond acceptors (Lipinski definition) is 6. The molecular formula is C20H14F2N6O2. The molecule has 3 N–H and O–H groups in total. The number of carbonyl (C=O) groups is 1. The lowest BCUT2D eigenvalue weighted by atomic mass is 10.0. The highest BCUT2D eigenvalue weighted by Crippen LogP contribution is 2.27. The Morgan fingerprint density at radius 3 is 2.60 bits per heavy atom. The maximum atomic E-state index is 14.2. The fraction of sp³-hybridized carbons (Fsp3) is 0.0500. The fourth-order valence-corrected chi connectivity index (χ4v) is 2.97. The molecule has 2 aromatic carbocycles. The topological polar surface area (TPSA) is 120 Å². The van der Waals surface area contributed by atoms with Crippen molar-refractivity contribution in [3.05, 3.63) is 83.1 Å². The second-order valence-corrected chi connectivity index (χ2v) is 6.44. The predicted octanol–water partition coefficient (Wildman–Crippen LogP) is 2.87. The number of anilines is 1. The molecule has 0 unspecified atom stereocenters. The van der Waals surface area contributed by atoms with Gasteiger partial charge in [0.15, 0.2) is 17.5 Å². The minimum absolute atomic E-state index is 0.104. The Kier molecular flexibility index (Phi) is 4.88. The molecule has 0 atom stereocenters. The number of hydrogen-bond donors (Lipinski definition) is 2. The first-order chi connectivity index (χ1) is 14.4. The fourth-order valence-electron chi connectivity index (χ4n) is 2.97. The van der Waals surface area contributed by atoms with Gasteiger partial charge in [0.05, 0.1) is 11.1 Å². The molecule has 10 heteroatoms. The van der Waals surface area contributed by atoms with Gasteiger partial charge >= 0.3 is 5.97 Å². The second kappa shape index (κ2) is 7.66. The number of nitrogens with zero attached hydrogens (tertiary/aromatic N) is 5. The average Bonchev–Trinajstić information content (AvgIpc) is 3.21. The van der Waals surface area contributed by atoms with Crippen LogP contribution >= 0.6 is 0 Å². The van der Waals surface area contributed by atoms with Crippen molar-refractivity contribution in [2.24, 2.45) is 0 Å². The van der Waals surface area contributed by atoms with E-state index < -0.39 is 17.6 Å². The molecule has 0 aliphatic carbocycles. The summed E-state index contributed by atoms with van der Waals surface area (Å²) in [7, 11) is 0. The first-order valence-electron chi connectivity index (χ1n) is 8.74. The molecule has 30 heavy (non-hydrogen) atoms. The van der Waals surface area contributed by atoms with Gasteiger partial charge in [-0.25, -0.2) is 18.6 Å². The summed E-state index contributed by atoms with van der Waals surface area (Å²) in [4.78, 5) is 15.1. The molecule has 0 aliphatic heterocycles. The Hall–Kier alpha value is -4.21. The van der Waals surface area contributed by atoms with Crippen LogP contribution in [0.25, 0.3) is 17.1 Å². The molecule has 0 fully saturated rings. The Labute approximate surface area is 168 Å². The Morgan fingerprint density at radius 1 is 1.10 bits per heavy atom. The molecule has 2 heterocycles. The standard InChI is InChI=1S/C20H14F2N6O2/c21-15-2-1-3-16(17(15)22)28-19(25-26-27-28)14-9-12(10-24-18(14)23)8-11-4-6-13(7-5-11)20(29)30/h1-7,9-10H,8H2,(H2,23,24)(H,29,30). The number of nitrogens with two attached hydrogens (primary N) is 1. The molecule has 4 rings (SSSR count). The van der Waals surface area contributed by atoms with E-state index in [1.54, 1.807) is 24.4 Å². The van der Waals surface area contributed by atoms with E-state index in [4.69, 9.17) is 10.8 Å². The molecule has 0 aliphatic rings. The number of halogens is 2. The van der Waals surface area contributed by atoms with E-state index in [2.05, 4.69) is 20.5 Å². The van der Waals surface area contributed by atoms with Crippen LogP contribution in [0.4, 0.5) is 14.6 Å². The molecule has 0 saturated carbocycles. The molecule has 0 radical (unpaired) electrons. The zero-order valence-electron chi connectivity index (χ0n) is 15.3. The molecular weight excluding hydrogens is 394 g/mol. The van der Waals surface area contributed by atoms with Gasteiger partial charge < -0.3 is 10.8 Å². The van der Waals surface area contributed by atoms with Crippen molar-refractivity contribution in [1.82, 2.24) is 25.2 Å². The number of aromatic nitrogens is 5. The molecule has 0 saturated heterocycles. The van der Waals surface area contributed by atoms with Crippen molar-refractivity contribution in [2.75, 3.05) is 5.73 Å². The third-order valence-electron chi connectivity index (χ3n) is 4.45. The Morgan fingerprint density at radius 2 is 1.87 bits per heavy atom. The molecule has 4 aromatic rings. The lowest BCUT2D eigenvalue weighted by molar-refractivity contribution is 0.0697. The van der Waals surface area contributed by atoms with Crippen molar-refractivity contribution in [3.8, 4) is 17.1 Å². The number of rotatable bonds is 5. The minimum atomic E-state index is -1.09. The summed E-state index contributed by atoms with van der Waals surface area (Å²) in [5.41, 5.74) is 7.96. The van der Waals surface area contributed by atoms with Crippen LogP contribution in [0.15, 0.2) is 54.7 Å². The first-order valence-corrected chi connectivity index (χ1v) is 8.74. The monoisotopic (exact) mass is 408 g/mol. The molecule has 0 bridgehead atoms. The van der Waals surface area contributed by atoms with Crippen molar-refractivity contribution < 1.29 is 18.7 Å². The third kappa shape index (κ3) is 3.58. The van der Waals surface area contributed by atoms with Gasteiger partial charge in [0.2, 0.25) is 0 Å². The van der Waals surface area contributed by atoms with Crippen molar-refractivity contribution in [2.45, 2.75) is 6.42 Å². The van der Waals surface area contributed by atoms with Crippen LogP contribution in [0.3, 0.4) is 0 Å². The largest absolute Gasteiger partial charge is 0.478 e. The summed E-state index contributed by atoms with van der Waals surface area (Å²) in [6.45, 7) is 0. The Balaban J connectivity index is 1.71. The Bertz CT molecular complexity index is 1240.